The highest BCUT2D eigenvalue weighted by Crippen LogP contribution is 2.36. The summed E-state index contributed by atoms with van der Waals surface area (Å²) in [5.74, 6) is 2.66. The normalized spacial score (nSPS) is 15.3. The Morgan fingerprint density at radius 3 is 2.65 bits per heavy atom. The predicted octanol–water partition coefficient (Wildman–Crippen LogP) is 4.25. The number of aryl methyl sites for hydroxylation is 1. The van der Waals surface area contributed by atoms with E-state index >= 15 is 0 Å². The van der Waals surface area contributed by atoms with Gasteiger partial charge in [-0.25, -0.2) is 0 Å². The zero-order valence-corrected chi connectivity index (χ0v) is 17.5. The summed E-state index contributed by atoms with van der Waals surface area (Å²) in [6.45, 7) is 4.53. The molecule has 0 unspecified atom stereocenters. The molecule has 7 nitrogen and oxygen atoms in total. The zero-order valence-electron chi connectivity index (χ0n) is 17.5. The lowest BCUT2D eigenvalue weighted by Gasteiger charge is -2.29. The third-order valence-electron chi connectivity index (χ3n) is 5.70. The van der Waals surface area contributed by atoms with Crippen LogP contribution in [0, 0.1) is 11.3 Å². The summed E-state index contributed by atoms with van der Waals surface area (Å²) >= 11 is 0. The lowest BCUT2D eigenvalue weighted by Crippen LogP contribution is -2.33. The first-order valence-corrected chi connectivity index (χ1v) is 10.7. The van der Waals surface area contributed by atoms with Gasteiger partial charge in [-0.2, -0.15) is 10.4 Å². The molecule has 0 radical (unpaired) electrons. The molecule has 1 aromatic heterocycles. The number of ether oxygens (including phenoxy) is 2. The lowest BCUT2D eigenvalue weighted by atomic mass is 10.1. The van der Waals surface area contributed by atoms with Crippen molar-refractivity contribution in [2.24, 2.45) is 0 Å². The Balaban J connectivity index is 1.32. The third kappa shape index (κ3) is 4.02. The van der Waals surface area contributed by atoms with E-state index in [2.05, 4.69) is 35.1 Å². The Labute approximate surface area is 181 Å². The van der Waals surface area contributed by atoms with Crippen molar-refractivity contribution in [1.29, 1.82) is 5.26 Å². The van der Waals surface area contributed by atoms with Gasteiger partial charge in [0, 0.05) is 24.4 Å². The molecule has 2 aliphatic rings. The maximum absolute atomic E-state index is 9.61. The van der Waals surface area contributed by atoms with Crippen LogP contribution < -0.4 is 20.1 Å². The molecule has 1 saturated carbocycles. The van der Waals surface area contributed by atoms with Crippen LogP contribution in [-0.2, 0) is 19.5 Å². The SMILES string of the molecule is CCc1cc(Oc2ccc(N3CCn4nc(N)cc4C3)cc2)cc(C#N)c1OC1CC1. The van der Waals surface area contributed by atoms with Gasteiger partial charge in [-0.05, 0) is 55.2 Å². The van der Waals surface area contributed by atoms with Crippen LogP contribution in [0.4, 0.5) is 11.5 Å². The van der Waals surface area contributed by atoms with Crippen LogP contribution in [0.3, 0.4) is 0 Å². The minimum absolute atomic E-state index is 0.251. The summed E-state index contributed by atoms with van der Waals surface area (Å²) in [5, 5.41) is 13.9. The average molecular weight is 415 g/mol. The Kier molecular flexibility index (Phi) is 4.91. The first kappa shape index (κ1) is 19.3. The molecule has 1 aliphatic carbocycles. The van der Waals surface area contributed by atoms with E-state index < -0.39 is 0 Å². The van der Waals surface area contributed by atoms with Crippen LogP contribution in [0.25, 0.3) is 0 Å². The van der Waals surface area contributed by atoms with E-state index in [1.807, 2.05) is 28.9 Å². The summed E-state index contributed by atoms with van der Waals surface area (Å²) in [5.41, 5.74) is 9.59. The van der Waals surface area contributed by atoms with E-state index in [9.17, 15) is 5.26 Å². The second-order valence-corrected chi connectivity index (χ2v) is 8.04. The molecule has 0 bridgehead atoms. The van der Waals surface area contributed by atoms with E-state index in [1.165, 1.54) is 0 Å². The van der Waals surface area contributed by atoms with Crippen molar-refractivity contribution in [2.45, 2.75) is 45.4 Å². The molecule has 158 valence electrons. The van der Waals surface area contributed by atoms with Crippen LogP contribution in [0.2, 0.25) is 0 Å². The van der Waals surface area contributed by atoms with Crippen molar-refractivity contribution in [3.05, 3.63) is 59.3 Å². The van der Waals surface area contributed by atoms with Crippen LogP contribution in [0.15, 0.2) is 42.5 Å². The standard InChI is InChI=1S/C24H25N5O2/c1-2-16-11-22(12-17(14-25)24(16)31-21-7-8-21)30-20-5-3-18(4-6-20)28-9-10-29-19(15-28)13-23(26)27-29/h3-6,11-13,21H,2,7-10,15H2,1H3,(H2,26,27). The van der Waals surface area contributed by atoms with E-state index in [0.29, 0.717) is 22.9 Å². The van der Waals surface area contributed by atoms with Crippen LogP contribution in [0.1, 0.15) is 36.6 Å². The molecular formula is C24H25N5O2. The Morgan fingerprint density at radius 2 is 1.94 bits per heavy atom. The summed E-state index contributed by atoms with van der Waals surface area (Å²) in [6.07, 6.45) is 3.15. The third-order valence-corrected chi connectivity index (χ3v) is 5.70. The number of nitriles is 1. The first-order valence-electron chi connectivity index (χ1n) is 10.7. The molecular weight excluding hydrogens is 390 g/mol. The smallest absolute Gasteiger partial charge is 0.145 e. The van der Waals surface area contributed by atoms with Gasteiger partial charge in [-0.1, -0.05) is 6.92 Å². The van der Waals surface area contributed by atoms with Crippen molar-refractivity contribution in [3.8, 4) is 23.3 Å². The molecule has 5 rings (SSSR count). The maximum Gasteiger partial charge on any atom is 0.145 e. The van der Waals surface area contributed by atoms with E-state index in [-0.39, 0.29) is 6.10 Å². The molecule has 0 amide bonds. The molecule has 2 heterocycles. The fourth-order valence-corrected chi connectivity index (χ4v) is 3.93. The monoisotopic (exact) mass is 415 g/mol. The molecule has 0 atom stereocenters. The molecule has 3 aromatic rings. The van der Waals surface area contributed by atoms with Gasteiger partial charge in [0.15, 0.2) is 0 Å². The number of benzene rings is 2. The molecule has 1 aliphatic heterocycles. The Morgan fingerprint density at radius 1 is 1.13 bits per heavy atom. The van der Waals surface area contributed by atoms with Crippen LogP contribution >= 0.6 is 0 Å². The van der Waals surface area contributed by atoms with Gasteiger partial charge in [0.25, 0.3) is 0 Å². The highest BCUT2D eigenvalue weighted by molar-refractivity contribution is 5.55. The largest absolute Gasteiger partial charge is 0.489 e. The van der Waals surface area contributed by atoms with Crippen LogP contribution in [0.5, 0.6) is 17.2 Å². The van der Waals surface area contributed by atoms with Gasteiger partial charge in [0.05, 0.1) is 30.5 Å². The van der Waals surface area contributed by atoms with E-state index in [4.69, 9.17) is 15.2 Å². The molecule has 1 fully saturated rings. The molecule has 2 N–H and O–H groups in total. The molecule has 2 aromatic carbocycles. The van der Waals surface area contributed by atoms with Crippen LogP contribution in [-0.4, -0.2) is 22.4 Å². The second-order valence-electron chi connectivity index (χ2n) is 8.04. The molecule has 31 heavy (non-hydrogen) atoms. The molecule has 0 saturated heterocycles. The van der Waals surface area contributed by atoms with Crippen molar-refractivity contribution >= 4 is 11.5 Å². The number of nitrogen functional groups attached to an aromatic ring is 1. The number of hydrogen-bond donors (Lipinski definition) is 1. The number of anilines is 2. The van der Waals surface area contributed by atoms with Gasteiger partial charge in [0.1, 0.15) is 29.1 Å². The van der Waals surface area contributed by atoms with E-state index in [1.54, 1.807) is 6.07 Å². The minimum atomic E-state index is 0.251. The van der Waals surface area contributed by atoms with Crippen molar-refractivity contribution in [2.75, 3.05) is 17.2 Å². The quantitative estimate of drug-likeness (QED) is 0.647. The number of fused-ring (bicyclic) bond motifs is 1. The van der Waals surface area contributed by atoms with Gasteiger partial charge in [-0.15, -0.1) is 0 Å². The van der Waals surface area contributed by atoms with E-state index in [0.717, 1.165) is 61.6 Å². The van der Waals surface area contributed by atoms with Gasteiger partial charge >= 0.3 is 0 Å². The maximum atomic E-state index is 9.61. The Hall–Kier alpha value is -3.66. The summed E-state index contributed by atoms with van der Waals surface area (Å²) in [7, 11) is 0. The Bertz CT molecular complexity index is 1140. The topological polar surface area (TPSA) is 89.3 Å². The highest BCUT2D eigenvalue weighted by Gasteiger charge is 2.26. The summed E-state index contributed by atoms with van der Waals surface area (Å²) in [4.78, 5) is 2.30. The van der Waals surface area contributed by atoms with Gasteiger partial charge in [0.2, 0.25) is 0 Å². The van der Waals surface area contributed by atoms with Gasteiger partial charge < -0.3 is 20.1 Å². The number of nitrogens with zero attached hydrogens (tertiary/aromatic N) is 4. The molecule has 7 heteroatoms. The zero-order chi connectivity index (χ0) is 21.4. The van der Waals surface area contributed by atoms with Crippen molar-refractivity contribution in [1.82, 2.24) is 9.78 Å². The summed E-state index contributed by atoms with van der Waals surface area (Å²) in [6, 6.07) is 16.0. The predicted molar refractivity (Wildman–Crippen MR) is 118 cm³/mol. The summed E-state index contributed by atoms with van der Waals surface area (Å²) < 4.78 is 14.0. The van der Waals surface area contributed by atoms with Gasteiger partial charge in [-0.3, -0.25) is 4.68 Å². The highest BCUT2D eigenvalue weighted by atomic mass is 16.5. The lowest BCUT2D eigenvalue weighted by molar-refractivity contribution is 0.298. The fraction of sp³-hybridized carbons (Fsp3) is 0.333. The average Bonchev–Trinajstić information content (AvgIpc) is 3.52. The fourth-order valence-electron chi connectivity index (χ4n) is 3.93. The molecule has 0 spiro atoms. The van der Waals surface area contributed by atoms with Crippen molar-refractivity contribution in [3.63, 3.8) is 0 Å². The number of aromatic nitrogens is 2. The first-order chi connectivity index (χ1) is 15.1. The minimum Gasteiger partial charge on any atom is -0.489 e. The number of rotatable bonds is 6. The number of nitrogens with two attached hydrogens (primary N) is 1. The number of hydrogen-bond acceptors (Lipinski definition) is 6. The van der Waals surface area contributed by atoms with Crippen molar-refractivity contribution < 1.29 is 9.47 Å². The second kappa shape index (κ2) is 7.88.